The van der Waals surface area contributed by atoms with Crippen molar-refractivity contribution in [1.82, 2.24) is 10.2 Å². The van der Waals surface area contributed by atoms with Gasteiger partial charge >= 0.3 is 5.97 Å². The van der Waals surface area contributed by atoms with Crippen molar-refractivity contribution in [3.63, 3.8) is 0 Å². The van der Waals surface area contributed by atoms with Gasteiger partial charge in [0.15, 0.2) is 5.96 Å². The molecule has 6 heteroatoms. The van der Waals surface area contributed by atoms with Crippen molar-refractivity contribution in [3.05, 3.63) is 0 Å². The summed E-state index contributed by atoms with van der Waals surface area (Å²) in [6, 6.07) is 0. The molecule has 5 nitrogen and oxygen atoms in total. The van der Waals surface area contributed by atoms with Gasteiger partial charge in [0.05, 0.1) is 13.0 Å². The van der Waals surface area contributed by atoms with E-state index < -0.39 is 0 Å². The Balaban J connectivity index is 2.46. The zero-order chi connectivity index (χ0) is 14.8. The summed E-state index contributed by atoms with van der Waals surface area (Å²) in [6.45, 7) is 5.55. The third kappa shape index (κ3) is 5.61. The Morgan fingerprint density at radius 3 is 2.70 bits per heavy atom. The van der Waals surface area contributed by atoms with E-state index in [9.17, 15) is 4.79 Å². The maximum absolute atomic E-state index is 11.5. The van der Waals surface area contributed by atoms with Gasteiger partial charge in [0.25, 0.3) is 0 Å². The molecule has 0 saturated carbocycles. The van der Waals surface area contributed by atoms with Gasteiger partial charge in [0.1, 0.15) is 0 Å². The highest BCUT2D eigenvalue weighted by molar-refractivity contribution is 7.98. The summed E-state index contributed by atoms with van der Waals surface area (Å²) in [6.07, 6.45) is 4.92. The Morgan fingerprint density at radius 2 is 2.15 bits per heavy atom. The van der Waals surface area contributed by atoms with Crippen LogP contribution >= 0.6 is 11.8 Å². The molecular formula is C14H27N3O2S. The van der Waals surface area contributed by atoms with Crippen LogP contribution in [0.5, 0.6) is 0 Å². The highest BCUT2D eigenvalue weighted by Gasteiger charge is 2.26. The van der Waals surface area contributed by atoms with E-state index in [4.69, 9.17) is 4.74 Å². The number of piperidine rings is 1. The van der Waals surface area contributed by atoms with Crippen LogP contribution in [0, 0.1) is 5.92 Å². The van der Waals surface area contributed by atoms with Crippen molar-refractivity contribution in [2.45, 2.75) is 26.2 Å². The van der Waals surface area contributed by atoms with Gasteiger partial charge < -0.3 is 15.0 Å². The molecule has 0 aromatic rings. The summed E-state index contributed by atoms with van der Waals surface area (Å²) in [7, 11) is 1.46. The molecule has 116 valence electrons. The lowest BCUT2D eigenvalue weighted by atomic mass is 9.97. The summed E-state index contributed by atoms with van der Waals surface area (Å²) >= 11 is 1.85. The first-order chi connectivity index (χ1) is 9.72. The number of carbonyl (C=O) groups is 1. The molecule has 1 rings (SSSR count). The van der Waals surface area contributed by atoms with Crippen molar-refractivity contribution in [3.8, 4) is 0 Å². The molecule has 0 atom stereocenters. The van der Waals surface area contributed by atoms with Crippen LogP contribution in [-0.4, -0.2) is 62.1 Å². The Morgan fingerprint density at radius 1 is 1.45 bits per heavy atom. The third-order valence-electron chi connectivity index (χ3n) is 3.43. The molecule has 0 aromatic carbocycles. The molecule has 1 saturated heterocycles. The number of guanidine groups is 1. The molecule has 0 bridgehead atoms. The van der Waals surface area contributed by atoms with Crippen LogP contribution in [0.4, 0.5) is 0 Å². The average Bonchev–Trinajstić information content (AvgIpc) is 2.50. The standard InChI is InChI=1S/C14H27N3O2S/c1-4-15-14(16-8-5-11-20-3)17-9-6-12(7-10-17)13(18)19-2/h12H,4-11H2,1-3H3,(H,15,16). The van der Waals surface area contributed by atoms with Crippen LogP contribution < -0.4 is 5.32 Å². The number of nitrogens with one attached hydrogen (secondary N) is 1. The second-order valence-electron chi connectivity index (χ2n) is 4.87. The Bertz CT molecular complexity index is 316. The fourth-order valence-corrected chi connectivity index (χ4v) is 2.73. The second kappa shape index (κ2) is 9.91. The quantitative estimate of drug-likeness (QED) is 0.349. The van der Waals surface area contributed by atoms with E-state index in [1.165, 1.54) is 7.11 Å². The minimum Gasteiger partial charge on any atom is -0.469 e. The van der Waals surface area contributed by atoms with E-state index in [1.54, 1.807) is 0 Å². The minimum absolute atomic E-state index is 0.0515. The lowest BCUT2D eigenvalue weighted by Gasteiger charge is -2.33. The van der Waals surface area contributed by atoms with Gasteiger partial charge in [-0.15, -0.1) is 0 Å². The van der Waals surface area contributed by atoms with Crippen LogP contribution in [0.2, 0.25) is 0 Å². The van der Waals surface area contributed by atoms with Gasteiger partial charge in [-0.3, -0.25) is 9.79 Å². The van der Waals surface area contributed by atoms with E-state index >= 15 is 0 Å². The summed E-state index contributed by atoms with van der Waals surface area (Å²) in [4.78, 5) is 18.4. The first-order valence-corrected chi connectivity index (χ1v) is 8.72. The van der Waals surface area contributed by atoms with Crippen LogP contribution in [0.15, 0.2) is 4.99 Å². The van der Waals surface area contributed by atoms with Crippen molar-refractivity contribution in [1.29, 1.82) is 0 Å². The molecule has 1 fully saturated rings. The van der Waals surface area contributed by atoms with Crippen LogP contribution in [0.1, 0.15) is 26.2 Å². The third-order valence-corrected chi connectivity index (χ3v) is 4.13. The second-order valence-corrected chi connectivity index (χ2v) is 5.85. The number of nitrogens with zero attached hydrogens (tertiary/aromatic N) is 2. The summed E-state index contributed by atoms with van der Waals surface area (Å²) in [5.74, 6) is 2.10. The topological polar surface area (TPSA) is 53.9 Å². The molecule has 1 aliphatic rings. The van der Waals surface area contributed by atoms with Crippen LogP contribution in [0.25, 0.3) is 0 Å². The molecule has 0 aliphatic carbocycles. The van der Waals surface area contributed by atoms with E-state index in [-0.39, 0.29) is 11.9 Å². The number of hydrogen-bond donors (Lipinski definition) is 1. The fraction of sp³-hybridized carbons (Fsp3) is 0.857. The van der Waals surface area contributed by atoms with Crippen molar-refractivity contribution in [2.75, 3.05) is 45.3 Å². The smallest absolute Gasteiger partial charge is 0.308 e. The first-order valence-electron chi connectivity index (χ1n) is 7.33. The van der Waals surface area contributed by atoms with Gasteiger partial charge in [-0.1, -0.05) is 0 Å². The SMILES string of the molecule is CCNC(=NCCCSC)N1CCC(C(=O)OC)CC1. The number of aliphatic imine (C=N–C) groups is 1. The number of esters is 1. The maximum atomic E-state index is 11.5. The number of rotatable bonds is 6. The number of hydrogen-bond acceptors (Lipinski definition) is 4. The van der Waals surface area contributed by atoms with Crippen molar-refractivity contribution in [2.24, 2.45) is 10.9 Å². The lowest BCUT2D eigenvalue weighted by molar-refractivity contribution is -0.146. The summed E-state index contributed by atoms with van der Waals surface area (Å²) in [5, 5.41) is 3.34. The zero-order valence-corrected chi connectivity index (χ0v) is 13.7. The van der Waals surface area contributed by atoms with E-state index in [0.29, 0.717) is 0 Å². The molecule has 0 unspecified atom stereocenters. The highest BCUT2D eigenvalue weighted by Crippen LogP contribution is 2.18. The molecule has 20 heavy (non-hydrogen) atoms. The molecule has 1 aliphatic heterocycles. The first kappa shape index (κ1) is 17.1. The molecule has 0 spiro atoms. The van der Waals surface area contributed by atoms with Crippen LogP contribution in [-0.2, 0) is 9.53 Å². The molecule has 0 radical (unpaired) electrons. The van der Waals surface area contributed by atoms with Gasteiger partial charge in [-0.2, -0.15) is 11.8 Å². The molecule has 1 heterocycles. The minimum atomic E-state index is -0.0773. The predicted molar refractivity (Wildman–Crippen MR) is 85.3 cm³/mol. The Labute approximate surface area is 126 Å². The predicted octanol–water partition coefficient (Wildman–Crippen LogP) is 1.59. The maximum Gasteiger partial charge on any atom is 0.308 e. The molecule has 0 aromatic heterocycles. The number of likely N-dealkylation sites (tertiary alicyclic amines) is 1. The Kier molecular flexibility index (Phi) is 8.49. The van der Waals surface area contributed by atoms with Gasteiger partial charge in [-0.05, 0) is 38.2 Å². The van der Waals surface area contributed by atoms with E-state index in [2.05, 4.69) is 28.4 Å². The summed E-state index contributed by atoms with van der Waals surface area (Å²) in [5.41, 5.74) is 0. The van der Waals surface area contributed by atoms with E-state index in [0.717, 1.165) is 57.2 Å². The van der Waals surface area contributed by atoms with Gasteiger partial charge in [-0.25, -0.2) is 0 Å². The largest absolute Gasteiger partial charge is 0.469 e. The fourth-order valence-electron chi connectivity index (χ4n) is 2.31. The zero-order valence-electron chi connectivity index (χ0n) is 12.9. The van der Waals surface area contributed by atoms with Crippen molar-refractivity contribution < 1.29 is 9.53 Å². The normalized spacial score (nSPS) is 17.1. The van der Waals surface area contributed by atoms with Gasteiger partial charge in [0.2, 0.25) is 0 Å². The number of thioether (sulfide) groups is 1. The highest BCUT2D eigenvalue weighted by atomic mass is 32.2. The monoisotopic (exact) mass is 301 g/mol. The van der Waals surface area contributed by atoms with E-state index in [1.807, 2.05) is 11.8 Å². The Hall–Kier alpha value is -0.910. The lowest BCUT2D eigenvalue weighted by Crippen LogP contribution is -2.46. The number of ether oxygens (including phenoxy) is 1. The molecule has 1 N–H and O–H groups in total. The van der Waals surface area contributed by atoms with Crippen LogP contribution in [0.3, 0.4) is 0 Å². The van der Waals surface area contributed by atoms with Gasteiger partial charge in [0, 0.05) is 26.2 Å². The molecule has 0 amide bonds. The average molecular weight is 301 g/mol. The van der Waals surface area contributed by atoms with Crippen molar-refractivity contribution >= 4 is 23.7 Å². The number of methoxy groups -OCH3 is 1. The summed E-state index contributed by atoms with van der Waals surface area (Å²) < 4.78 is 4.82. The number of carbonyl (C=O) groups excluding carboxylic acids is 1. The molecular weight excluding hydrogens is 274 g/mol.